The summed E-state index contributed by atoms with van der Waals surface area (Å²) in [5.74, 6) is 0.0153. The molecule has 3 aromatic rings. The van der Waals surface area contributed by atoms with Gasteiger partial charge in [0.2, 0.25) is 5.91 Å². The van der Waals surface area contributed by atoms with Crippen LogP contribution in [0.4, 0.5) is 11.4 Å². The van der Waals surface area contributed by atoms with Gasteiger partial charge in [0.05, 0.1) is 29.7 Å². The minimum atomic E-state index is -1.07. The molecule has 190 valence electrons. The number of rotatable bonds is 6. The molecule has 36 heavy (non-hydrogen) atoms. The molecule has 11 nitrogen and oxygen atoms in total. The zero-order valence-electron chi connectivity index (χ0n) is 20.7. The normalized spacial score (nSPS) is 20.3. The van der Waals surface area contributed by atoms with Gasteiger partial charge in [-0.25, -0.2) is 9.50 Å². The summed E-state index contributed by atoms with van der Waals surface area (Å²) in [5.41, 5.74) is 6.68. The van der Waals surface area contributed by atoms with E-state index >= 15 is 0 Å². The zero-order valence-corrected chi connectivity index (χ0v) is 20.7. The van der Waals surface area contributed by atoms with Crippen molar-refractivity contribution in [3.8, 4) is 5.75 Å². The molecule has 2 aromatic heterocycles. The van der Waals surface area contributed by atoms with E-state index in [1.165, 1.54) is 6.20 Å². The maximum atomic E-state index is 13.3. The Morgan fingerprint density at radius 2 is 2.00 bits per heavy atom. The Bertz CT molecular complexity index is 1320. The van der Waals surface area contributed by atoms with Gasteiger partial charge in [0.1, 0.15) is 16.9 Å². The molecule has 1 saturated heterocycles. The Morgan fingerprint density at radius 3 is 2.69 bits per heavy atom. The topological polar surface area (TPSA) is 138 Å². The number of carbonyl (C=O) groups excluding carboxylic acids is 2. The number of aromatic nitrogens is 3. The van der Waals surface area contributed by atoms with Crippen LogP contribution in [0.15, 0.2) is 36.8 Å². The van der Waals surface area contributed by atoms with Crippen molar-refractivity contribution in [2.45, 2.75) is 38.4 Å². The van der Waals surface area contributed by atoms with Gasteiger partial charge >= 0.3 is 0 Å². The van der Waals surface area contributed by atoms with Crippen molar-refractivity contribution in [3.05, 3.63) is 47.9 Å². The fourth-order valence-electron chi connectivity index (χ4n) is 4.74. The first-order valence-corrected chi connectivity index (χ1v) is 12.0. The third-order valence-electron chi connectivity index (χ3n) is 7.20. The molecule has 0 bridgehead atoms. The van der Waals surface area contributed by atoms with Crippen LogP contribution in [0.5, 0.6) is 5.75 Å². The van der Waals surface area contributed by atoms with E-state index in [4.69, 9.17) is 10.5 Å². The second-order valence-electron chi connectivity index (χ2n) is 10.2. The average molecular weight is 494 g/mol. The SMILES string of the molecule is CC(C)(O)[C@@]1(C)Cc2cc(NC(=O)c3cnn4cccnc34)c(N3CCN(CC(N)=O)CC3)cc2O1. The maximum absolute atomic E-state index is 13.3. The molecule has 4 N–H and O–H groups in total. The number of carbonyl (C=O) groups is 2. The molecule has 2 amide bonds. The number of primary amides is 1. The number of nitrogens with zero attached hydrogens (tertiary/aromatic N) is 5. The van der Waals surface area contributed by atoms with E-state index in [2.05, 4.69) is 20.3 Å². The highest BCUT2D eigenvalue weighted by molar-refractivity contribution is 6.09. The van der Waals surface area contributed by atoms with Crippen LogP contribution in [0, 0.1) is 0 Å². The lowest BCUT2D eigenvalue weighted by atomic mass is 9.84. The maximum Gasteiger partial charge on any atom is 0.261 e. The van der Waals surface area contributed by atoms with Gasteiger partial charge in [0, 0.05) is 56.6 Å². The number of ether oxygens (including phenoxy) is 1. The number of benzene rings is 1. The number of piperazine rings is 1. The van der Waals surface area contributed by atoms with Crippen LogP contribution < -0.4 is 20.7 Å². The minimum absolute atomic E-state index is 0.219. The summed E-state index contributed by atoms with van der Waals surface area (Å²) in [7, 11) is 0. The van der Waals surface area contributed by atoms with Gasteiger partial charge in [0.25, 0.3) is 5.91 Å². The predicted molar refractivity (Wildman–Crippen MR) is 134 cm³/mol. The lowest BCUT2D eigenvalue weighted by Crippen LogP contribution is -2.51. The lowest BCUT2D eigenvalue weighted by molar-refractivity contribution is -0.119. The minimum Gasteiger partial charge on any atom is -0.484 e. The number of amides is 2. The van der Waals surface area contributed by atoms with Crippen molar-refractivity contribution in [2.75, 3.05) is 42.9 Å². The molecule has 1 aromatic carbocycles. The predicted octanol–water partition coefficient (Wildman–Crippen LogP) is 1.05. The fourth-order valence-corrected chi connectivity index (χ4v) is 4.74. The molecular weight excluding hydrogens is 462 g/mol. The van der Waals surface area contributed by atoms with Crippen molar-refractivity contribution >= 4 is 28.8 Å². The van der Waals surface area contributed by atoms with Gasteiger partial charge in [-0.2, -0.15) is 5.10 Å². The summed E-state index contributed by atoms with van der Waals surface area (Å²) in [6.45, 7) is 8.19. The van der Waals surface area contributed by atoms with Gasteiger partial charge in [-0.3, -0.25) is 14.5 Å². The molecule has 1 fully saturated rings. The van der Waals surface area contributed by atoms with E-state index in [-0.39, 0.29) is 18.4 Å². The van der Waals surface area contributed by atoms with Crippen LogP contribution in [0.2, 0.25) is 0 Å². The Hall–Kier alpha value is -3.70. The van der Waals surface area contributed by atoms with Gasteiger partial charge < -0.3 is 25.8 Å². The Balaban J connectivity index is 1.47. The number of fused-ring (bicyclic) bond motifs is 2. The molecule has 2 aliphatic rings. The molecule has 0 spiro atoms. The lowest BCUT2D eigenvalue weighted by Gasteiger charge is -2.37. The van der Waals surface area contributed by atoms with E-state index in [0.29, 0.717) is 55.2 Å². The van der Waals surface area contributed by atoms with Crippen molar-refractivity contribution < 1.29 is 19.4 Å². The smallest absolute Gasteiger partial charge is 0.261 e. The first kappa shape index (κ1) is 24.0. The van der Waals surface area contributed by atoms with Crippen LogP contribution >= 0.6 is 0 Å². The Labute approximate surface area is 208 Å². The number of nitrogens with one attached hydrogen (secondary N) is 1. The summed E-state index contributed by atoms with van der Waals surface area (Å²) in [6, 6.07) is 5.60. The second-order valence-corrected chi connectivity index (χ2v) is 10.2. The molecule has 1 atom stereocenters. The molecule has 0 aliphatic carbocycles. The summed E-state index contributed by atoms with van der Waals surface area (Å²) in [4.78, 5) is 33.1. The first-order chi connectivity index (χ1) is 17.0. The van der Waals surface area contributed by atoms with E-state index < -0.39 is 11.2 Å². The molecule has 4 heterocycles. The summed E-state index contributed by atoms with van der Waals surface area (Å²) < 4.78 is 7.82. The fraction of sp³-hybridized carbons (Fsp3) is 0.440. The van der Waals surface area contributed by atoms with Crippen LogP contribution in [-0.2, 0) is 11.2 Å². The largest absolute Gasteiger partial charge is 0.484 e. The van der Waals surface area contributed by atoms with Crippen LogP contribution in [0.25, 0.3) is 5.65 Å². The van der Waals surface area contributed by atoms with E-state index in [1.54, 1.807) is 36.8 Å². The highest BCUT2D eigenvalue weighted by Crippen LogP contribution is 2.45. The van der Waals surface area contributed by atoms with Crippen molar-refractivity contribution in [3.63, 3.8) is 0 Å². The molecule has 11 heteroatoms. The molecule has 0 radical (unpaired) electrons. The third-order valence-corrected chi connectivity index (χ3v) is 7.20. The second kappa shape index (κ2) is 8.75. The van der Waals surface area contributed by atoms with Gasteiger partial charge in [0.15, 0.2) is 5.65 Å². The number of anilines is 2. The van der Waals surface area contributed by atoms with Crippen LogP contribution in [0.1, 0.15) is 36.7 Å². The van der Waals surface area contributed by atoms with Gasteiger partial charge in [-0.1, -0.05) is 0 Å². The molecule has 5 rings (SSSR count). The van der Waals surface area contributed by atoms with Crippen LogP contribution in [-0.4, -0.2) is 80.3 Å². The highest BCUT2D eigenvalue weighted by Gasteiger charge is 2.47. The average Bonchev–Trinajstić information content (AvgIpc) is 3.39. The molecular formula is C25H31N7O4. The summed E-state index contributed by atoms with van der Waals surface area (Å²) >= 11 is 0. The quantitative estimate of drug-likeness (QED) is 0.463. The van der Waals surface area contributed by atoms with Crippen molar-refractivity contribution in [1.29, 1.82) is 0 Å². The van der Waals surface area contributed by atoms with Crippen molar-refractivity contribution in [2.24, 2.45) is 5.73 Å². The molecule has 2 aliphatic heterocycles. The number of nitrogens with two attached hydrogens (primary N) is 1. The van der Waals surface area contributed by atoms with Gasteiger partial charge in [-0.15, -0.1) is 0 Å². The van der Waals surface area contributed by atoms with Crippen LogP contribution in [0.3, 0.4) is 0 Å². The monoisotopic (exact) mass is 493 g/mol. The van der Waals surface area contributed by atoms with E-state index in [9.17, 15) is 14.7 Å². The zero-order chi connectivity index (χ0) is 25.7. The third kappa shape index (κ3) is 4.35. The van der Waals surface area contributed by atoms with Crippen molar-refractivity contribution in [1.82, 2.24) is 19.5 Å². The molecule has 0 unspecified atom stereocenters. The summed E-state index contributed by atoms with van der Waals surface area (Å²) in [5, 5.41) is 18.0. The first-order valence-electron chi connectivity index (χ1n) is 12.0. The Kier molecular flexibility index (Phi) is 5.84. The standard InChI is InChI=1S/C25H31N7O4/c1-24(2,35)25(3)13-16-11-18(29-23(34)17-14-28-32-6-4-5-27-22(17)32)19(12-20(16)36-25)31-9-7-30(8-10-31)15-21(26)33/h4-6,11-12,14,35H,7-10,13,15H2,1-3H3,(H2,26,33)(H,29,34)/t25-/m1/s1. The van der Waals surface area contributed by atoms with E-state index in [0.717, 1.165) is 11.3 Å². The van der Waals surface area contributed by atoms with E-state index in [1.807, 2.05) is 24.0 Å². The number of aliphatic hydroxyl groups is 1. The highest BCUT2D eigenvalue weighted by atomic mass is 16.5. The van der Waals surface area contributed by atoms with Gasteiger partial charge in [-0.05, 0) is 32.9 Å². The Morgan fingerprint density at radius 1 is 1.25 bits per heavy atom. The summed E-state index contributed by atoms with van der Waals surface area (Å²) in [6.07, 6.45) is 5.36. The number of hydrogen-bond acceptors (Lipinski definition) is 8. The molecule has 0 saturated carbocycles. The number of hydrogen-bond donors (Lipinski definition) is 3.